The molecule has 0 spiro atoms. The summed E-state index contributed by atoms with van der Waals surface area (Å²) in [5.74, 6) is 0.833. The van der Waals surface area contributed by atoms with Crippen molar-refractivity contribution in [3.8, 4) is 5.75 Å². The highest BCUT2D eigenvalue weighted by Crippen LogP contribution is 2.34. The van der Waals surface area contributed by atoms with Crippen molar-refractivity contribution in [1.82, 2.24) is 5.32 Å². The molecule has 1 aromatic heterocycles. The molecule has 0 radical (unpaired) electrons. The van der Waals surface area contributed by atoms with Gasteiger partial charge in [-0.3, -0.25) is 4.79 Å². The topological polar surface area (TPSA) is 83.8 Å². The van der Waals surface area contributed by atoms with Crippen molar-refractivity contribution in [3.05, 3.63) is 59.0 Å². The minimum atomic E-state index is -0.422. The van der Waals surface area contributed by atoms with E-state index in [1.807, 2.05) is 49.2 Å². The molecule has 0 aliphatic rings. The molecule has 0 fully saturated rings. The fraction of sp³-hybridized carbons (Fsp3) is 0.360. The third-order valence-corrected chi connectivity index (χ3v) is 5.29. The Balaban J connectivity index is 1.96. The molecule has 2 aromatic carbocycles. The Hall–Kier alpha value is -3.32. The number of ether oxygens (including phenoxy) is 1. The van der Waals surface area contributed by atoms with E-state index in [-0.39, 0.29) is 11.9 Å². The number of carbonyl (C=O) groups is 1. The maximum Gasteiger partial charge on any atom is 0.338 e. The van der Waals surface area contributed by atoms with E-state index < -0.39 is 5.63 Å². The molecule has 1 amide bonds. The largest absolute Gasteiger partial charge is 0.495 e. The molecule has 7 nitrogen and oxygen atoms in total. The second kappa shape index (κ2) is 10.3. The Labute approximate surface area is 188 Å². The first-order valence-electron chi connectivity index (χ1n) is 10.8. The average Bonchev–Trinajstić information content (AvgIpc) is 2.77. The Kier molecular flexibility index (Phi) is 7.53. The third-order valence-electron chi connectivity index (χ3n) is 5.29. The van der Waals surface area contributed by atoms with Crippen molar-refractivity contribution in [2.45, 2.75) is 33.2 Å². The molecule has 0 aliphatic heterocycles. The first-order valence-corrected chi connectivity index (χ1v) is 10.8. The van der Waals surface area contributed by atoms with Crippen molar-refractivity contribution >= 4 is 33.9 Å². The van der Waals surface area contributed by atoms with Crippen LogP contribution in [0.4, 0.5) is 17.1 Å². The molecule has 0 saturated carbocycles. The second-order valence-corrected chi connectivity index (χ2v) is 8.12. The van der Waals surface area contributed by atoms with Gasteiger partial charge in [0.2, 0.25) is 5.91 Å². The predicted molar refractivity (Wildman–Crippen MR) is 129 cm³/mol. The summed E-state index contributed by atoms with van der Waals surface area (Å²) in [5.41, 5.74) is 2.17. The average molecular weight is 438 g/mol. The quantitative estimate of drug-likeness (QED) is 0.479. The Bertz CT molecular complexity index is 1140. The van der Waals surface area contributed by atoms with Crippen LogP contribution in [0.1, 0.15) is 27.2 Å². The normalized spacial score (nSPS) is 12.1. The summed E-state index contributed by atoms with van der Waals surface area (Å²) >= 11 is 0. The van der Waals surface area contributed by atoms with Gasteiger partial charge in [-0.2, -0.15) is 0 Å². The van der Waals surface area contributed by atoms with Crippen LogP contribution in [-0.2, 0) is 4.79 Å². The maximum absolute atomic E-state index is 13.0. The molecule has 170 valence electrons. The fourth-order valence-electron chi connectivity index (χ4n) is 3.73. The predicted octanol–water partition coefficient (Wildman–Crippen LogP) is 4.53. The van der Waals surface area contributed by atoms with Crippen LogP contribution in [0.25, 0.3) is 11.0 Å². The minimum absolute atomic E-state index is 0.107. The van der Waals surface area contributed by atoms with E-state index >= 15 is 0 Å². The Morgan fingerprint density at radius 2 is 1.91 bits per heavy atom. The molecule has 0 bridgehead atoms. The number of methoxy groups -OCH3 is 1. The van der Waals surface area contributed by atoms with Crippen LogP contribution >= 0.6 is 0 Å². The van der Waals surface area contributed by atoms with Crippen molar-refractivity contribution in [2.24, 2.45) is 5.92 Å². The number of nitrogens with zero attached hydrogens (tertiary/aromatic N) is 1. The van der Waals surface area contributed by atoms with Gasteiger partial charge in [0, 0.05) is 24.2 Å². The summed E-state index contributed by atoms with van der Waals surface area (Å²) in [6.07, 6.45) is 0.730. The van der Waals surface area contributed by atoms with E-state index in [2.05, 4.69) is 24.5 Å². The number of hydrogen-bond acceptors (Lipinski definition) is 6. The number of carbonyl (C=O) groups excluding carboxylic acids is 1. The van der Waals surface area contributed by atoms with Gasteiger partial charge in [-0.1, -0.05) is 32.9 Å². The third kappa shape index (κ3) is 5.29. The molecule has 3 aromatic rings. The molecule has 1 unspecified atom stereocenters. The lowest BCUT2D eigenvalue weighted by molar-refractivity contribution is -0.118. The van der Waals surface area contributed by atoms with Crippen molar-refractivity contribution in [1.29, 1.82) is 0 Å². The fourth-order valence-corrected chi connectivity index (χ4v) is 3.73. The van der Waals surface area contributed by atoms with Crippen LogP contribution in [0.3, 0.4) is 0 Å². The number of fused-ring (bicyclic) bond motifs is 1. The monoisotopic (exact) mass is 437 g/mol. The highest BCUT2D eigenvalue weighted by Gasteiger charge is 2.21. The SMILES string of the molecule is CCNC(CC(C)C)C(=O)Nc1cc(N(C)c2cc(=O)oc3ccccc23)ccc1OC. The van der Waals surface area contributed by atoms with Gasteiger partial charge in [0.05, 0.1) is 24.5 Å². The summed E-state index contributed by atoms with van der Waals surface area (Å²) in [4.78, 5) is 27.0. The van der Waals surface area contributed by atoms with Gasteiger partial charge < -0.3 is 24.7 Å². The lowest BCUT2D eigenvalue weighted by Crippen LogP contribution is -2.41. The summed E-state index contributed by atoms with van der Waals surface area (Å²) in [7, 11) is 3.44. The molecule has 0 aliphatic carbocycles. The molecular formula is C25H31N3O4. The molecule has 7 heteroatoms. The summed E-state index contributed by atoms with van der Waals surface area (Å²) in [6.45, 7) is 6.87. The van der Waals surface area contributed by atoms with E-state index in [0.29, 0.717) is 35.2 Å². The first kappa shape index (κ1) is 23.3. The van der Waals surface area contributed by atoms with Crippen LogP contribution in [0.2, 0.25) is 0 Å². The lowest BCUT2D eigenvalue weighted by Gasteiger charge is -2.23. The number of rotatable bonds is 9. The van der Waals surface area contributed by atoms with Crippen LogP contribution in [0, 0.1) is 5.92 Å². The Morgan fingerprint density at radius 3 is 2.59 bits per heavy atom. The second-order valence-electron chi connectivity index (χ2n) is 8.12. The molecule has 2 N–H and O–H groups in total. The number of amides is 1. The molecule has 0 saturated heterocycles. The summed E-state index contributed by atoms with van der Waals surface area (Å²) in [6, 6.07) is 14.1. The molecular weight excluding hydrogens is 406 g/mol. The number of nitrogens with one attached hydrogen (secondary N) is 2. The first-order chi connectivity index (χ1) is 15.3. The number of para-hydroxylation sites is 1. The van der Waals surface area contributed by atoms with Crippen LogP contribution in [0.5, 0.6) is 5.75 Å². The number of anilines is 3. The summed E-state index contributed by atoms with van der Waals surface area (Å²) in [5, 5.41) is 7.09. The van der Waals surface area contributed by atoms with Crippen molar-refractivity contribution < 1.29 is 13.9 Å². The molecule has 3 rings (SSSR count). The zero-order valence-electron chi connectivity index (χ0n) is 19.3. The van der Waals surface area contributed by atoms with Gasteiger partial charge in [-0.05, 0) is 49.2 Å². The van der Waals surface area contributed by atoms with E-state index in [1.165, 1.54) is 6.07 Å². The van der Waals surface area contributed by atoms with E-state index in [0.717, 1.165) is 17.5 Å². The summed E-state index contributed by atoms with van der Waals surface area (Å²) < 4.78 is 10.8. The van der Waals surface area contributed by atoms with Crippen LogP contribution < -0.4 is 25.9 Å². The van der Waals surface area contributed by atoms with Crippen molar-refractivity contribution in [3.63, 3.8) is 0 Å². The minimum Gasteiger partial charge on any atom is -0.495 e. The Morgan fingerprint density at radius 1 is 1.16 bits per heavy atom. The molecule has 1 atom stereocenters. The van der Waals surface area contributed by atoms with Gasteiger partial charge in [-0.15, -0.1) is 0 Å². The van der Waals surface area contributed by atoms with Gasteiger partial charge in [0.15, 0.2) is 0 Å². The van der Waals surface area contributed by atoms with Gasteiger partial charge in [0.25, 0.3) is 0 Å². The van der Waals surface area contributed by atoms with Crippen LogP contribution in [0.15, 0.2) is 57.7 Å². The standard InChI is InChI=1S/C25H31N3O4/c1-6-26-20(13-16(2)3)25(30)27-19-14-17(11-12-23(19)31-5)28(4)21-15-24(29)32-22-10-8-7-9-18(21)22/h7-12,14-16,20,26H,6,13H2,1-5H3,(H,27,30). The van der Waals surface area contributed by atoms with E-state index in [1.54, 1.807) is 19.2 Å². The number of hydrogen-bond donors (Lipinski definition) is 2. The number of benzene rings is 2. The van der Waals surface area contributed by atoms with Crippen LogP contribution in [-0.4, -0.2) is 32.7 Å². The van der Waals surface area contributed by atoms with Crippen molar-refractivity contribution in [2.75, 3.05) is 30.9 Å². The van der Waals surface area contributed by atoms with E-state index in [9.17, 15) is 9.59 Å². The maximum atomic E-state index is 13.0. The number of likely N-dealkylation sites (N-methyl/N-ethyl adjacent to an activating group) is 1. The smallest absolute Gasteiger partial charge is 0.338 e. The lowest BCUT2D eigenvalue weighted by atomic mass is 10.0. The molecule has 1 heterocycles. The van der Waals surface area contributed by atoms with Gasteiger partial charge >= 0.3 is 5.63 Å². The van der Waals surface area contributed by atoms with Gasteiger partial charge in [0.1, 0.15) is 11.3 Å². The zero-order chi connectivity index (χ0) is 23.3. The highest BCUT2D eigenvalue weighted by molar-refractivity contribution is 5.97. The zero-order valence-corrected chi connectivity index (χ0v) is 19.3. The highest BCUT2D eigenvalue weighted by atomic mass is 16.5. The van der Waals surface area contributed by atoms with Gasteiger partial charge in [-0.25, -0.2) is 4.79 Å². The molecule has 32 heavy (non-hydrogen) atoms. The van der Waals surface area contributed by atoms with E-state index in [4.69, 9.17) is 9.15 Å².